The number of rotatable bonds is 1. The van der Waals surface area contributed by atoms with E-state index < -0.39 is 0 Å². The zero-order valence-electron chi connectivity index (χ0n) is 9.31. The molecule has 0 saturated carbocycles. The summed E-state index contributed by atoms with van der Waals surface area (Å²) < 4.78 is 0. The van der Waals surface area contributed by atoms with Crippen molar-refractivity contribution in [3.8, 4) is 0 Å². The van der Waals surface area contributed by atoms with Gasteiger partial charge in [-0.3, -0.25) is 4.79 Å². The lowest BCUT2D eigenvalue weighted by molar-refractivity contribution is -0.116. The third kappa shape index (κ3) is 1.95. The lowest BCUT2D eigenvalue weighted by Gasteiger charge is -2.21. The van der Waals surface area contributed by atoms with Gasteiger partial charge in [-0.05, 0) is 17.7 Å². The lowest BCUT2D eigenvalue weighted by atomic mass is 9.92. The van der Waals surface area contributed by atoms with Crippen LogP contribution < -0.4 is 11.1 Å². The fraction of sp³-hybridized carbons (Fsp3) is 0.167. The van der Waals surface area contributed by atoms with Gasteiger partial charge in [0.1, 0.15) is 5.82 Å². The molecule has 1 aromatic carbocycles. The van der Waals surface area contributed by atoms with Crippen LogP contribution in [0.1, 0.15) is 22.8 Å². The van der Waals surface area contributed by atoms with Gasteiger partial charge < -0.3 is 11.1 Å². The minimum atomic E-state index is -0.0345. The Morgan fingerprint density at radius 2 is 2.11 bits per heavy atom. The predicted octanol–water partition coefficient (Wildman–Crippen LogP) is 2.85. The Hall–Kier alpha value is -1.59. The van der Waals surface area contributed by atoms with E-state index in [1.807, 2.05) is 24.3 Å². The Bertz CT molecular complexity index is 608. The monoisotopic (exact) mass is 279 g/mol. The molecule has 6 heteroatoms. The summed E-state index contributed by atoms with van der Waals surface area (Å²) in [6, 6.07) is 7.53. The molecule has 3 rings (SSSR count). The van der Waals surface area contributed by atoms with Gasteiger partial charge >= 0.3 is 0 Å². The number of carbonyl (C=O) groups excluding carboxylic acids is 1. The summed E-state index contributed by atoms with van der Waals surface area (Å²) >= 11 is 7.29. The van der Waals surface area contributed by atoms with Gasteiger partial charge in [0.25, 0.3) is 0 Å². The maximum atomic E-state index is 11.7. The molecule has 2 heterocycles. The third-order valence-corrected chi connectivity index (χ3v) is 4.16. The summed E-state index contributed by atoms with van der Waals surface area (Å²) in [6.07, 6.45) is 0.413. The smallest absolute Gasteiger partial charge is 0.226 e. The highest BCUT2D eigenvalue weighted by atomic mass is 35.5. The zero-order chi connectivity index (χ0) is 12.7. The topological polar surface area (TPSA) is 68.0 Å². The normalized spacial score (nSPS) is 18.3. The summed E-state index contributed by atoms with van der Waals surface area (Å²) in [4.78, 5) is 16.8. The highest BCUT2D eigenvalue weighted by Crippen LogP contribution is 2.41. The molecule has 0 aliphatic carbocycles. The molecule has 92 valence electrons. The second-order valence-corrected chi connectivity index (χ2v) is 5.62. The first-order chi connectivity index (χ1) is 8.63. The quantitative estimate of drug-likeness (QED) is 0.843. The van der Waals surface area contributed by atoms with Gasteiger partial charge in [-0.2, -0.15) is 0 Å². The minimum absolute atomic E-state index is 0.0146. The fourth-order valence-electron chi connectivity index (χ4n) is 2.10. The minimum Gasteiger partial charge on any atom is -0.375 e. The molecule has 2 aromatic rings. The molecular formula is C12H10ClN3OS. The molecule has 0 spiro atoms. The molecule has 3 N–H and O–H groups in total. The van der Waals surface area contributed by atoms with E-state index >= 15 is 0 Å². The van der Waals surface area contributed by atoms with Crippen molar-refractivity contribution in [3.63, 3.8) is 0 Å². The average molecular weight is 280 g/mol. The first-order valence-electron chi connectivity index (χ1n) is 5.45. The predicted molar refractivity (Wildman–Crippen MR) is 73.1 cm³/mol. The Morgan fingerprint density at radius 3 is 2.83 bits per heavy atom. The molecule has 0 saturated heterocycles. The van der Waals surface area contributed by atoms with Crippen LogP contribution in [-0.2, 0) is 4.79 Å². The van der Waals surface area contributed by atoms with Crippen LogP contribution in [-0.4, -0.2) is 10.9 Å². The number of halogens is 1. The first-order valence-corrected chi connectivity index (χ1v) is 6.64. The van der Waals surface area contributed by atoms with Crippen molar-refractivity contribution in [1.82, 2.24) is 4.98 Å². The Morgan fingerprint density at radius 1 is 1.39 bits per heavy atom. The fourth-order valence-corrected chi connectivity index (χ4v) is 3.14. The van der Waals surface area contributed by atoms with Crippen LogP contribution in [0.2, 0.25) is 5.02 Å². The van der Waals surface area contributed by atoms with Crippen molar-refractivity contribution in [1.29, 1.82) is 0 Å². The van der Waals surface area contributed by atoms with E-state index in [4.69, 9.17) is 17.3 Å². The van der Waals surface area contributed by atoms with Gasteiger partial charge in [0.05, 0.1) is 4.88 Å². The number of thiazole rings is 1. The summed E-state index contributed by atoms with van der Waals surface area (Å²) in [6.45, 7) is 0. The Kier molecular flexibility index (Phi) is 2.72. The highest BCUT2D eigenvalue weighted by Gasteiger charge is 2.29. The molecule has 0 fully saturated rings. The van der Waals surface area contributed by atoms with Crippen LogP contribution in [0, 0.1) is 0 Å². The molecule has 18 heavy (non-hydrogen) atoms. The van der Waals surface area contributed by atoms with Crippen molar-refractivity contribution < 1.29 is 4.79 Å². The van der Waals surface area contributed by atoms with Crippen molar-refractivity contribution >= 4 is 39.8 Å². The average Bonchev–Trinajstić information content (AvgIpc) is 2.69. The number of hydrogen-bond donors (Lipinski definition) is 2. The largest absolute Gasteiger partial charge is 0.375 e. The van der Waals surface area contributed by atoms with Crippen LogP contribution in [0.5, 0.6) is 0 Å². The second kappa shape index (κ2) is 4.26. The van der Waals surface area contributed by atoms with Gasteiger partial charge in [0.2, 0.25) is 5.91 Å². The number of amides is 1. The molecule has 1 amide bonds. The number of nitrogens with two attached hydrogens (primary N) is 1. The number of nitrogens with zero attached hydrogens (tertiary/aromatic N) is 1. The van der Waals surface area contributed by atoms with Crippen molar-refractivity contribution in [3.05, 3.63) is 39.7 Å². The number of aromatic nitrogens is 1. The van der Waals surface area contributed by atoms with E-state index in [0.29, 0.717) is 22.4 Å². The number of hydrogen-bond acceptors (Lipinski definition) is 4. The van der Waals surface area contributed by atoms with E-state index in [2.05, 4.69) is 10.3 Å². The maximum Gasteiger partial charge on any atom is 0.226 e. The maximum absolute atomic E-state index is 11.7. The molecule has 0 radical (unpaired) electrons. The second-order valence-electron chi connectivity index (χ2n) is 4.12. The van der Waals surface area contributed by atoms with Crippen LogP contribution in [0.3, 0.4) is 0 Å². The summed E-state index contributed by atoms with van der Waals surface area (Å²) in [7, 11) is 0. The summed E-state index contributed by atoms with van der Waals surface area (Å²) in [5.41, 5.74) is 6.76. The van der Waals surface area contributed by atoms with E-state index in [0.717, 1.165) is 10.4 Å². The molecule has 0 unspecified atom stereocenters. The Balaban J connectivity index is 2.06. The number of nitrogens with one attached hydrogen (secondary N) is 1. The van der Waals surface area contributed by atoms with Crippen molar-refractivity contribution in [2.24, 2.45) is 0 Å². The van der Waals surface area contributed by atoms with E-state index in [9.17, 15) is 4.79 Å². The lowest BCUT2D eigenvalue weighted by Crippen LogP contribution is -2.22. The van der Waals surface area contributed by atoms with Crippen LogP contribution in [0.15, 0.2) is 24.3 Å². The van der Waals surface area contributed by atoms with Gasteiger partial charge in [0, 0.05) is 17.4 Å². The highest BCUT2D eigenvalue weighted by molar-refractivity contribution is 7.16. The molecule has 1 aliphatic rings. The first kappa shape index (κ1) is 11.5. The van der Waals surface area contributed by atoms with E-state index in [-0.39, 0.29) is 11.8 Å². The number of benzene rings is 1. The number of carbonyl (C=O) groups is 1. The standard InChI is InChI=1S/C12H10ClN3OS/c13-7-3-1-6(2-4-7)8-5-9(17)15-11-10(8)18-12(14)16-11/h1-4,8H,5H2,(H2,14,16)(H,15,17)/t8-/m0/s1. The van der Waals surface area contributed by atoms with E-state index in [1.165, 1.54) is 11.3 Å². The van der Waals surface area contributed by atoms with Crippen LogP contribution in [0.4, 0.5) is 10.9 Å². The van der Waals surface area contributed by atoms with Gasteiger partial charge in [-0.15, -0.1) is 0 Å². The van der Waals surface area contributed by atoms with Gasteiger partial charge in [-0.1, -0.05) is 35.1 Å². The third-order valence-electron chi connectivity index (χ3n) is 2.91. The Labute approximate surface area is 113 Å². The molecule has 1 aromatic heterocycles. The van der Waals surface area contributed by atoms with Crippen molar-refractivity contribution in [2.45, 2.75) is 12.3 Å². The molecule has 0 bridgehead atoms. The number of nitrogen functional groups attached to an aromatic ring is 1. The van der Waals surface area contributed by atoms with Crippen molar-refractivity contribution in [2.75, 3.05) is 11.1 Å². The molecule has 1 atom stereocenters. The number of fused-ring (bicyclic) bond motifs is 1. The summed E-state index contributed by atoms with van der Waals surface area (Å²) in [5.74, 6) is 0.572. The van der Waals surface area contributed by atoms with Gasteiger partial charge in [-0.25, -0.2) is 4.98 Å². The SMILES string of the molecule is Nc1nc2c(s1)[C@H](c1ccc(Cl)cc1)CC(=O)N2. The van der Waals surface area contributed by atoms with Crippen LogP contribution >= 0.6 is 22.9 Å². The summed E-state index contributed by atoms with van der Waals surface area (Å²) in [5, 5.41) is 3.90. The van der Waals surface area contributed by atoms with Gasteiger partial charge in [0.15, 0.2) is 5.13 Å². The molecule has 1 aliphatic heterocycles. The molecule has 4 nitrogen and oxygen atoms in total. The zero-order valence-corrected chi connectivity index (χ0v) is 10.9. The van der Waals surface area contributed by atoms with E-state index in [1.54, 1.807) is 0 Å². The van der Waals surface area contributed by atoms with Crippen LogP contribution in [0.25, 0.3) is 0 Å². The molecular weight excluding hydrogens is 270 g/mol. The number of anilines is 2.